The van der Waals surface area contributed by atoms with Crippen LogP contribution in [0.4, 0.5) is 0 Å². The topological polar surface area (TPSA) is 65.2 Å². The second-order valence-electron chi connectivity index (χ2n) is 4.97. The van der Waals surface area contributed by atoms with E-state index in [1.165, 1.54) is 0 Å². The van der Waals surface area contributed by atoms with Crippen molar-refractivity contribution in [1.29, 1.82) is 0 Å². The zero-order valence-corrected chi connectivity index (χ0v) is 14.1. The molecular formula is C18H20CuN2O2. The third-order valence-electron chi connectivity index (χ3n) is 3.39. The van der Waals surface area contributed by atoms with E-state index in [0.717, 1.165) is 22.6 Å². The molecule has 0 aliphatic heterocycles. The van der Waals surface area contributed by atoms with E-state index >= 15 is 0 Å². The molecule has 23 heavy (non-hydrogen) atoms. The number of phenolic OH excluding ortho intramolecular Hbond substituents is 2. The molecule has 0 saturated carbocycles. The molecule has 2 rings (SSSR count). The Kier molecular flexibility index (Phi) is 7.52. The number of aromatic hydroxyl groups is 2. The molecule has 4 nitrogen and oxygen atoms in total. The van der Waals surface area contributed by atoms with E-state index in [0.29, 0.717) is 13.1 Å². The van der Waals surface area contributed by atoms with Gasteiger partial charge in [0, 0.05) is 39.6 Å². The fourth-order valence-electron chi connectivity index (χ4n) is 2.16. The van der Waals surface area contributed by atoms with E-state index in [2.05, 4.69) is 9.98 Å². The van der Waals surface area contributed by atoms with E-state index < -0.39 is 0 Å². The third kappa shape index (κ3) is 5.23. The second-order valence-corrected chi connectivity index (χ2v) is 4.97. The van der Waals surface area contributed by atoms with Gasteiger partial charge >= 0.3 is 0 Å². The summed E-state index contributed by atoms with van der Waals surface area (Å²) in [6.07, 6.45) is 0. The van der Waals surface area contributed by atoms with Crippen LogP contribution in [0.15, 0.2) is 58.5 Å². The normalized spacial score (nSPS) is 11.9. The van der Waals surface area contributed by atoms with Gasteiger partial charge < -0.3 is 10.2 Å². The van der Waals surface area contributed by atoms with Gasteiger partial charge in [-0.25, -0.2) is 0 Å². The summed E-state index contributed by atoms with van der Waals surface area (Å²) >= 11 is 0. The fourth-order valence-corrected chi connectivity index (χ4v) is 2.16. The number of hydrogen-bond acceptors (Lipinski definition) is 4. The van der Waals surface area contributed by atoms with Crippen molar-refractivity contribution < 1.29 is 27.3 Å². The van der Waals surface area contributed by atoms with Gasteiger partial charge in [0.05, 0.1) is 13.1 Å². The Hall–Kier alpha value is -2.10. The van der Waals surface area contributed by atoms with Crippen molar-refractivity contribution in [2.24, 2.45) is 9.98 Å². The number of nitrogens with zero attached hydrogens (tertiary/aromatic N) is 2. The third-order valence-corrected chi connectivity index (χ3v) is 3.39. The van der Waals surface area contributed by atoms with E-state index in [1.54, 1.807) is 24.3 Å². The second kappa shape index (κ2) is 9.13. The average molecular weight is 360 g/mol. The summed E-state index contributed by atoms with van der Waals surface area (Å²) in [7, 11) is 0. The van der Waals surface area contributed by atoms with Crippen LogP contribution in [0.25, 0.3) is 0 Å². The molecule has 0 atom stereocenters. The van der Waals surface area contributed by atoms with E-state index in [-0.39, 0.29) is 28.6 Å². The molecule has 2 aromatic carbocycles. The summed E-state index contributed by atoms with van der Waals surface area (Å²) in [6.45, 7) is 4.81. The molecule has 0 unspecified atom stereocenters. The molecule has 0 saturated heterocycles. The maximum absolute atomic E-state index is 9.77. The van der Waals surface area contributed by atoms with Crippen LogP contribution in [0.2, 0.25) is 0 Å². The number of phenols is 2. The van der Waals surface area contributed by atoms with Gasteiger partial charge in [-0.3, -0.25) is 9.98 Å². The summed E-state index contributed by atoms with van der Waals surface area (Å²) in [6, 6.07) is 14.3. The average Bonchev–Trinajstić information content (AvgIpc) is 2.52. The zero-order valence-electron chi connectivity index (χ0n) is 13.1. The molecule has 2 aromatic rings. The first-order chi connectivity index (χ1) is 10.6. The number of para-hydroxylation sites is 2. The molecule has 0 heterocycles. The molecule has 0 bridgehead atoms. The Balaban J connectivity index is 0.00000264. The van der Waals surface area contributed by atoms with Crippen LogP contribution < -0.4 is 0 Å². The predicted molar refractivity (Wildman–Crippen MR) is 90.4 cm³/mol. The number of benzene rings is 2. The maximum atomic E-state index is 9.77. The van der Waals surface area contributed by atoms with Crippen molar-refractivity contribution in [3.8, 4) is 11.5 Å². The maximum Gasteiger partial charge on any atom is 0.124 e. The number of rotatable bonds is 5. The molecule has 0 spiro atoms. The Bertz CT molecular complexity index is 650. The van der Waals surface area contributed by atoms with Gasteiger partial charge in [0.1, 0.15) is 11.5 Å². The van der Waals surface area contributed by atoms with E-state index in [9.17, 15) is 10.2 Å². The van der Waals surface area contributed by atoms with Gasteiger partial charge in [0.2, 0.25) is 0 Å². The van der Waals surface area contributed by atoms with Crippen molar-refractivity contribution in [3.63, 3.8) is 0 Å². The SMILES string of the molecule is CC(=NCCN=C(C)c1ccccc1O)c1ccccc1O.[Cu]. The van der Waals surface area contributed by atoms with Crippen molar-refractivity contribution in [1.82, 2.24) is 0 Å². The molecule has 0 amide bonds. The van der Waals surface area contributed by atoms with Crippen LogP contribution in [-0.2, 0) is 17.1 Å². The van der Waals surface area contributed by atoms with Crippen LogP contribution in [0.1, 0.15) is 25.0 Å². The minimum absolute atomic E-state index is 0. The summed E-state index contributed by atoms with van der Waals surface area (Å²) in [5.74, 6) is 0.468. The van der Waals surface area contributed by atoms with Crippen LogP contribution in [0, 0.1) is 0 Å². The van der Waals surface area contributed by atoms with Crippen molar-refractivity contribution >= 4 is 11.4 Å². The van der Waals surface area contributed by atoms with E-state index in [1.807, 2.05) is 38.1 Å². The fraction of sp³-hybridized carbons (Fsp3) is 0.222. The van der Waals surface area contributed by atoms with Crippen LogP contribution >= 0.6 is 0 Å². The zero-order chi connectivity index (χ0) is 15.9. The Morgan fingerprint density at radius 2 is 1.09 bits per heavy atom. The monoisotopic (exact) mass is 359 g/mol. The molecule has 2 N–H and O–H groups in total. The number of aliphatic imine (C=N–C) groups is 2. The molecule has 0 aliphatic rings. The molecule has 0 aromatic heterocycles. The smallest absolute Gasteiger partial charge is 0.124 e. The van der Waals surface area contributed by atoms with Crippen molar-refractivity contribution in [2.75, 3.05) is 13.1 Å². The van der Waals surface area contributed by atoms with Gasteiger partial charge in [0.25, 0.3) is 0 Å². The standard InChI is InChI=1S/C18H20N2O2.Cu/c1-13(15-7-3-5-9-17(15)21)19-11-12-20-14(2)16-8-4-6-10-18(16)22;/h3-10,21-22H,11-12H2,1-2H3;. The molecule has 1 radical (unpaired) electrons. The van der Waals surface area contributed by atoms with Gasteiger partial charge in [-0.2, -0.15) is 0 Å². The summed E-state index contributed by atoms with van der Waals surface area (Å²) in [5, 5.41) is 19.5. The first-order valence-corrected chi connectivity index (χ1v) is 7.18. The molecule has 125 valence electrons. The number of hydrogen-bond donors (Lipinski definition) is 2. The molecule has 0 aliphatic carbocycles. The molecule has 5 heteroatoms. The summed E-state index contributed by atoms with van der Waals surface area (Å²) in [4.78, 5) is 8.86. The predicted octanol–water partition coefficient (Wildman–Crippen LogP) is 3.41. The largest absolute Gasteiger partial charge is 0.507 e. The summed E-state index contributed by atoms with van der Waals surface area (Å²) in [5.41, 5.74) is 3.05. The minimum Gasteiger partial charge on any atom is -0.507 e. The summed E-state index contributed by atoms with van der Waals surface area (Å²) < 4.78 is 0. The van der Waals surface area contributed by atoms with Crippen LogP contribution in [0.3, 0.4) is 0 Å². The van der Waals surface area contributed by atoms with Gasteiger partial charge in [-0.15, -0.1) is 0 Å². The van der Waals surface area contributed by atoms with Crippen molar-refractivity contribution in [3.05, 3.63) is 59.7 Å². The van der Waals surface area contributed by atoms with Gasteiger partial charge in [-0.05, 0) is 38.1 Å². The van der Waals surface area contributed by atoms with Crippen LogP contribution in [0.5, 0.6) is 11.5 Å². The van der Waals surface area contributed by atoms with Crippen LogP contribution in [-0.4, -0.2) is 34.7 Å². The Labute approximate surface area is 147 Å². The van der Waals surface area contributed by atoms with Crippen molar-refractivity contribution in [2.45, 2.75) is 13.8 Å². The van der Waals surface area contributed by atoms with Gasteiger partial charge in [0.15, 0.2) is 0 Å². The molecular weight excluding hydrogens is 340 g/mol. The molecule has 0 fully saturated rings. The minimum atomic E-state index is 0. The van der Waals surface area contributed by atoms with Gasteiger partial charge in [-0.1, -0.05) is 24.3 Å². The first kappa shape index (κ1) is 18.9. The van der Waals surface area contributed by atoms with E-state index in [4.69, 9.17) is 0 Å². The Morgan fingerprint density at radius 3 is 1.43 bits per heavy atom. The quantitative estimate of drug-likeness (QED) is 0.488. The first-order valence-electron chi connectivity index (χ1n) is 7.18. The Morgan fingerprint density at radius 1 is 0.739 bits per heavy atom.